The van der Waals surface area contributed by atoms with Crippen LogP contribution in [0.1, 0.15) is 17.8 Å². The number of carbonyl (C=O) groups excluding carboxylic acids is 1. The number of halogens is 1. The van der Waals surface area contributed by atoms with Crippen molar-refractivity contribution in [1.29, 1.82) is 0 Å². The van der Waals surface area contributed by atoms with Crippen LogP contribution in [0.4, 0.5) is 4.39 Å². The van der Waals surface area contributed by atoms with Crippen LogP contribution in [-0.4, -0.2) is 35.0 Å². The first kappa shape index (κ1) is 19.6. The molecular formula is C21H19FN4O4. The number of rotatable bonds is 7. The van der Waals surface area contributed by atoms with Crippen molar-refractivity contribution in [1.82, 2.24) is 15.5 Å². The van der Waals surface area contributed by atoms with Crippen molar-refractivity contribution in [3.05, 3.63) is 65.7 Å². The van der Waals surface area contributed by atoms with Gasteiger partial charge >= 0.3 is 0 Å². The second kappa shape index (κ2) is 8.73. The van der Waals surface area contributed by atoms with Crippen LogP contribution in [0.3, 0.4) is 0 Å². The lowest BCUT2D eigenvalue weighted by Crippen LogP contribution is -2.30. The summed E-state index contributed by atoms with van der Waals surface area (Å²) in [6, 6.07) is 13.2. The lowest BCUT2D eigenvalue weighted by atomic mass is 10.1. The van der Waals surface area contributed by atoms with Crippen LogP contribution >= 0.6 is 0 Å². The first-order chi connectivity index (χ1) is 14.6. The van der Waals surface area contributed by atoms with Crippen molar-refractivity contribution >= 4 is 11.6 Å². The number of oxime groups is 1. The largest absolute Gasteiger partial charge is 0.496 e. The number of hydrogen-bond donors (Lipinski definition) is 1. The van der Waals surface area contributed by atoms with Gasteiger partial charge in [0.05, 0.1) is 13.5 Å². The van der Waals surface area contributed by atoms with Crippen LogP contribution in [-0.2, 0) is 22.6 Å². The maximum absolute atomic E-state index is 13.0. The molecule has 0 radical (unpaired) electrons. The number of hydrogen-bond acceptors (Lipinski definition) is 7. The van der Waals surface area contributed by atoms with Crippen LogP contribution < -0.4 is 10.1 Å². The molecule has 1 amide bonds. The van der Waals surface area contributed by atoms with Gasteiger partial charge in [-0.2, -0.15) is 4.98 Å². The van der Waals surface area contributed by atoms with Gasteiger partial charge in [-0.15, -0.1) is 0 Å². The molecule has 1 aliphatic heterocycles. The molecule has 30 heavy (non-hydrogen) atoms. The zero-order valence-corrected chi connectivity index (χ0v) is 16.2. The van der Waals surface area contributed by atoms with Gasteiger partial charge in [0.25, 0.3) is 11.8 Å². The fourth-order valence-electron chi connectivity index (χ4n) is 3.05. The molecule has 0 aliphatic carbocycles. The summed E-state index contributed by atoms with van der Waals surface area (Å²) in [5.41, 5.74) is 1.79. The number of nitrogens with one attached hydrogen (secondary N) is 1. The van der Waals surface area contributed by atoms with E-state index in [0.29, 0.717) is 48.1 Å². The highest BCUT2D eigenvalue weighted by molar-refractivity contribution is 6.39. The summed E-state index contributed by atoms with van der Waals surface area (Å²) in [5, 5.41) is 10.6. The van der Waals surface area contributed by atoms with Crippen LogP contribution in [0.2, 0.25) is 0 Å². The van der Waals surface area contributed by atoms with Gasteiger partial charge in [0.15, 0.2) is 5.82 Å². The Balaban J connectivity index is 1.30. The number of nitrogens with zero attached hydrogens (tertiary/aromatic N) is 3. The van der Waals surface area contributed by atoms with E-state index in [1.54, 1.807) is 19.2 Å². The smallest absolute Gasteiger partial charge is 0.269 e. The Kier molecular flexibility index (Phi) is 5.69. The minimum absolute atomic E-state index is 0.290. The van der Waals surface area contributed by atoms with Gasteiger partial charge in [0.2, 0.25) is 0 Å². The number of amides is 1. The Morgan fingerprint density at radius 3 is 2.83 bits per heavy atom. The number of methoxy groups -OCH3 is 1. The van der Waals surface area contributed by atoms with Crippen molar-refractivity contribution in [2.45, 2.75) is 25.5 Å². The Morgan fingerprint density at radius 2 is 2.03 bits per heavy atom. The monoisotopic (exact) mass is 410 g/mol. The van der Waals surface area contributed by atoms with E-state index in [-0.39, 0.29) is 17.8 Å². The molecule has 2 heterocycles. The Morgan fingerprint density at radius 1 is 1.23 bits per heavy atom. The molecule has 1 aliphatic rings. The topological polar surface area (TPSA) is 98.8 Å². The Bertz CT molecular complexity index is 1060. The zero-order chi connectivity index (χ0) is 20.9. The average molecular weight is 410 g/mol. The first-order valence-corrected chi connectivity index (χ1v) is 9.33. The first-order valence-electron chi connectivity index (χ1n) is 9.33. The molecule has 1 atom stereocenters. The van der Waals surface area contributed by atoms with Crippen LogP contribution in [0.5, 0.6) is 5.75 Å². The van der Waals surface area contributed by atoms with E-state index < -0.39 is 0 Å². The third-order valence-corrected chi connectivity index (χ3v) is 4.60. The van der Waals surface area contributed by atoms with Crippen molar-refractivity contribution in [2.24, 2.45) is 5.16 Å². The molecule has 154 valence electrons. The average Bonchev–Trinajstić information content (AvgIpc) is 3.43. The molecule has 0 saturated carbocycles. The summed E-state index contributed by atoms with van der Waals surface area (Å²) in [4.78, 5) is 22.0. The maximum Gasteiger partial charge on any atom is 0.269 e. The number of ether oxygens (including phenoxy) is 1. The highest BCUT2D eigenvalue weighted by Crippen LogP contribution is 2.20. The fourth-order valence-corrected chi connectivity index (χ4v) is 3.05. The van der Waals surface area contributed by atoms with Crippen molar-refractivity contribution in [3.63, 3.8) is 0 Å². The number of aromatic nitrogens is 2. The summed E-state index contributed by atoms with van der Waals surface area (Å²) in [6.07, 6.45) is 0.297. The minimum atomic E-state index is -0.365. The number of para-hydroxylation sites is 1. The molecule has 0 bridgehead atoms. The lowest BCUT2D eigenvalue weighted by molar-refractivity contribution is -0.115. The molecule has 0 unspecified atom stereocenters. The highest BCUT2D eigenvalue weighted by atomic mass is 19.1. The predicted octanol–water partition coefficient (Wildman–Crippen LogP) is 2.89. The molecule has 1 N–H and O–H groups in total. The van der Waals surface area contributed by atoms with E-state index in [1.807, 2.05) is 24.3 Å². The van der Waals surface area contributed by atoms with E-state index in [9.17, 15) is 9.18 Å². The van der Waals surface area contributed by atoms with Crippen molar-refractivity contribution in [2.75, 3.05) is 7.11 Å². The molecule has 0 spiro atoms. The van der Waals surface area contributed by atoms with Crippen molar-refractivity contribution in [3.8, 4) is 17.2 Å². The molecule has 9 heteroatoms. The summed E-state index contributed by atoms with van der Waals surface area (Å²) in [7, 11) is 1.58. The molecule has 0 fully saturated rings. The summed E-state index contributed by atoms with van der Waals surface area (Å²) < 4.78 is 23.5. The predicted molar refractivity (Wildman–Crippen MR) is 105 cm³/mol. The summed E-state index contributed by atoms with van der Waals surface area (Å²) >= 11 is 0. The molecule has 8 nitrogen and oxygen atoms in total. The third-order valence-electron chi connectivity index (χ3n) is 4.60. The van der Waals surface area contributed by atoms with Crippen LogP contribution in [0.15, 0.2) is 58.2 Å². The molecule has 3 aromatic rings. The van der Waals surface area contributed by atoms with E-state index in [2.05, 4.69) is 20.6 Å². The van der Waals surface area contributed by atoms with Gasteiger partial charge < -0.3 is 19.4 Å². The zero-order valence-electron chi connectivity index (χ0n) is 16.2. The van der Waals surface area contributed by atoms with Crippen molar-refractivity contribution < 1.29 is 23.3 Å². The molecule has 2 aromatic carbocycles. The van der Waals surface area contributed by atoms with Crippen LogP contribution in [0, 0.1) is 5.82 Å². The highest BCUT2D eigenvalue weighted by Gasteiger charge is 2.28. The maximum atomic E-state index is 13.0. The molecule has 4 rings (SSSR count). The van der Waals surface area contributed by atoms with E-state index >= 15 is 0 Å². The third kappa shape index (κ3) is 4.45. The SMILES string of the molecule is COc1ccccc1CNC(=O)C1=NO[C@@H](Cc2noc(-c3ccc(F)cc3)n2)C1. The van der Waals surface area contributed by atoms with E-state index in [0.717, 1.165) is 5.56 Å². The van der Waals surface area contributed by atoms with Gasteiger partial charge in [-0.1, -0.05) is 28.5 Å². The standard InChI is InChI=1S/C21H19FN4O4/c1-28-18-5-3-2-4-14(18)12-23-20(27)17-10-16(29-25-17)11-19-24-21(30-26-19)13-6-8-15(22)9-7-13/h2-9,16H,10-12H2,1H3,(H,23,27)/t16-/m1/s1. The Hall–Kier alpha value is -3.75. The number of benzene rings is 2. The van der Waals surface area contributed by atoms with Gasteiger partial charge in [0.1, 0.15) is 23.4 Å². The molecule has 1 aromatic heterocycles. The number of carbonyl (C=O) groups is 1. The summed E-state index contributed by atoms with van der Waals surface area (Å²) in [5.74, 6) is 0.772. The summed E-state index contributed by atoms with van der Waals surface area (Å²) in [6.45, 7) is 0.318. The van der Waals surface area contributed by atoms with E-state index in [4.69, 9.17) is 14.1 Å². The minimum Gasteiger partial charge on any atom is -0.496 e. The fraction of sp³-hybridized carbons (Fsp3) is 0.238. The molecule has 0 saturated heterocycles. The second-order valence-electron chi connectivity index (χ2n) is 6.69. The van der Waals surface area contributed by atoms with E-state index in [1.165, 1.54) is 12.1 Å². The van der Waals surface area contributed by atoms with Gasteiger partial charge in [-0.3, -0.25) is 4.79 Å². The van der Waals surface area contributed by atoms with Crippen LogP contribution in [0.25, 0.3) is 11.5 Å². The normalized spacial score (nSPS) is 15.4. The van der Waals surface area contributed by atoms with Gasteiger partial charge in [-0.05, 0) is 30.3 Å². The van der Waals surface area contributed by atoms with Gasteiger partial charge in [-0.25, -0.2) is 4.39 Å². The molecular weight excluding hydrogens is 391 g/mol. The lowest BCUT2D eigenvalue weighted by Gasteiger charge is -2.09. The quantitative estimate of drug-likeness (QED) is 0.643. The second-order valence-corrected chi connectivity index (χ2v) is 6.69. The van der Waals surface area contributed by atoms with Gasteiger partial charge in [0, 0.05) is 24.1 Å². The Labute approximate surface area is 171 Å².